The predicted octanol–water partition coefficient (Wildman–Crippen LogP) is 1.93. The molecular formula is C17H17F3N3O2S+. The maximum absolute atomic E-state index is 12.7. The first-order valence-electron chi connectivity index (χ1n) is 7.41. The van der Waals surface area contributed by atoms with Crippen LogP contribution in [0.15, 0.2) is 48.5 Å². The van der Waals surface area contributed by atoms with E-state index in [2.05, 4.69) is 10.3 Å². The minimum Gasteiger partial charge on any atom is -0.497 e. The smallest absolute Gasteiger partial charge is 0.416 e. The minimum absolute atomic E-state index is 0.0245. The van der Waals surface area contributed by atoms with Crippen LogP contribution in [0.4, 0.5) is 18.9 Å². The van der Waals surface area contributed by atoms with E-state index in [1.807, 2.05) is 0 Å². The third-order valence-electron chi connectivity index (χ3n) is 3.18. The number of anilines is 1. The van der Waals surface area contributed by atoms with Gasteiger partial charge < -0.3 is 15.2 Å². The Morgan fingerprint density at radius 1 is 1.15 bits per heavy atom. The van der Waals surface area contributed by atoms with Crippen LogP contribution in [0.3, 0.4) is 0 Å². The number of alkyl halides is 3. The van der Waals surface area contributed by atoms with E-state index < -0.39 is 11.7 Å². The van der Waals surface area contributed by atoms with Gasteiger partial charge in [-0.25, -0.2) is 4.99 Å². The molecule has 4 N–H and O–H groups in total. The van der Waals surface area contributed by atoms with Gasteiger partial charge in [-0.3, -0.25) is 5.32 Å². The zero-order valence-corrected chi connectivity index (χ0v) is 14.6. The van der Waals surface area contributed by atoms with Crippen molar-refractivity contribution in [3.8, 4) is 11.5 Å². The van der Waals surface area contributed by atoms with Crippen molar-refractivity contribution in [3.05, 3.63) is 54.1 Å². The van der Waals surface area contributed by atoms with Crippen molar-refractivity contribution in [2.24, 2.45) is 5.73 Å². The van der Waals surface area contributed by atoms with Gasteiger partial charge in [0.05, 0.1) is 18.4 Å². The van der Waals surface area contributed by atoms with Crippen LogP contribution in [0, 0.1) is 0 Å². The molecule has 0 bridgehead atoms. The highest BCUT2D eigenvalue weighted by molar-refractivity contribution is 7.80. The molecule has 0 amide bonds. The first-order chi connectivity index (χ1) is 12.3. The van der Waals surface area contributed by atoms with E-state index in [-0.39, 0.29) is 23.2 Å². The van der Waals surface area contributed by atoms with E-state index in [9.17, 15) is 13.2 Å². The Balaban J connectivity index is 1.92. The topological polar surface area (TPSA) is 70.5 Å². The number of nitrogens with two attached hydrogens (primary N) is 1. The normalized spacial score (nSPS) is 11.8. The molecule has 0 aromatic heterocycles. The second-order valence-electron chi connectivity index (χ2n) is 5.15. The molecule has 2 aromatic carbocycles. The fourth-order valence-corrected chi connectivity index (χ4v) is 2.20. The van der Waals surface area contributed by atoms with Crippen molar-refractivity contribution in [1.82, 2.24) is 0 Å². The van der Waals surface area contributed by atoms with Crippen molar-refractivity contribution in [3.63, 3.8) is 0 Å². The number of hydrogen-bond acceptors (Lipinski definition) is 3. The van der Waals surface area contributed by atoms with Gasteiger partial charge >= 0.3 is 6.18 Å². The number of nitrogens with one attached hydrogen (secondary N) is 2. The summed E-state index contributed by atoms with van der Waals surface area (Å²) in [6, 6.07) is 11.6. The zero-order valence-electron chi connectivity index (χ0n) is 13.8. The SMILES string of the molecule is COc1ccc(OCC(N)=[NH+]C(=S)Nc2cccc(C(F)(F)F)c2)cc1. The van der Waals surface area contributed by atoms with Gasteiger partial charge in [-0.2, -0.15) is 13.2 Å². The summed E-state index contributed by atoms with van der Waals surface area (Å²) in [5, 5.41) is 2.70. The molecule has 0 atom stereocenters. The predicted molar refractivity (Wildman–Crippen MR) is 96.3 cm³/mol. The highest BCUT2D eigenvalue weighted by Crippen LogP contribution is 2.30. The fraction of sp³-hybridized carbons (Fsp3) is 0.176. The molecule has 0 aliphatic carbocycles. The molecule has 9 heteroatoms. The van der Waals surface area contributed by atoms with E-state index in [1.165, 1.54) is 12.1 Å². The molecule has 0 aliphatic heterocycles. The van der Waals surface area contributed by atoms with Gasteiger partial charge in [0.1, 0.15) is 11.5 Å². The monoisotopic (exact) mass is 384 g/mol. The highest BCUT2D eigenvalue weighted by atomic mass is 32.1. The molecule has 0 spiro atoms. The van der Waals surface area contributed by atoms with E-state index in [0.29, 0.717) is 11.5 Å². The summed E-state index contributed by atoms with van der Waals surface area (Å²) in [5.74, 6) is 1.47. The quantitative estimate of drug-likeness (QED) is 0.418. The first-order valence-corrected chi connectivity index (χ1v) is 7.82. The van der Waals surface area contributed by atoms with Gasteiger partial charge in [-0.1, -0.05) is 6.07 Å². The molecule has 0 saturated heterocycles. The Labute approximate surface area is 153 Å². The molecule has 5 nitrogen and oxygen atoms in total. The summed E-state index contributed by atoms with van der Waals surface area (Å²) >= 11 is 5.04. The third-order valence-corrected chi connectivity index (χ3v) is 3.38. The van der Waals surface area contributed by atoms with Crippen LogP contribution in [-0.4, -0.2) is 24.7 Å². The zero-order chi connectivity index (χ0) is 19.2. The van der Waals surface area contributed by atoms with Crippen molar-refractivity contribution in [2.75, 3.05) is 19.0 Å². The summed E-state index contributed by atoms with van der Waals surface area (Å²) in [6.45, 7) is 0.0245. The van der Waals surface area contributed by atoms with Crippen molar-refractivity contribution in [1.29, 1.82) is 0 Å². The number of halogens is 3. The molecule has 0 unspecified atom stereocenters. The molecule has 0 heterocycles. The highest BCUT2D eigenvalue weighted by Gasteiger charge is 2.30. The Bertz CT molecular complexity index is 793. The summed E-state index contributed by atoms with van der Waals surface area (Å²) in [5.41, 5.74) is 5.20. The lowest BCUT2D eigenvalue weighted by atomic mass is 10.2. The second-order valence-corrected chi connectivity index (χ2v) is 5.56. The molecule has 2 rings (SSSR count). The maximum Gasteiger partial charge on any atom is 0.416 e. The van der Waals surface area contributed by atoms with Gasteiger partial charge in [0.15, 0.2) is 6.61 Å². The lowest BCUT2D eigenvalue weighted by molar-refractivity contribution is -0.314. The molecule has 2 aromatic rings. The average molecular weight is 384 g/mol. The fourth-order valence-electron chi connectivity index (χ4n) is 1.95. The van der Waals surface area contributed by atoms with Gasteiger partial charge in [0.2, 0.25) is 5.84 Å². The number of methoxy groups -OCH3 is 1. The maximum atomic E-state index is 12.7. The summed E-state index contributed by atoms with van der Waals surface area (Å²) in [4.78, 5) is 2.66. The molecule has 0 radical (unpaired) electrons. The lowest BCUT2D eigenvalue weighted by Crippen LogP contribution is -2.81. The van der Waals surface area contributed by atoms with Crippen LogP contribution in [0.25, 0.3) is 0 Å². The van der Waals surface area contributed by atoms with Crippen LogP contribution in [0.5, 0.6) is 11.5 Å². The number of amidine groups is 1. The van der Waals surface area contributed by atoms with Crippen molar-refractivity contribution in [2.45, 2.75) is 6.18 Å². The summed E-state index contributed by atoms with van der Waals surface area (Å²) < 4.78 is 48.6. The van der Waals surface area contributed by atoms with E-state index >= 15 is 0 Å². The second kappa shape index (κ2) is 8.52. The molecule has 0 fully saturated rings. The Morgan fingerprint density at radius 2 is 1.81 bits per heavy atom. The van der Waals surface area contributed by atoms with Crippen LogP contribution in [0.2, 0.25) is 0 Å². The molecular weight excluding hydrogens is 367 g/mol. The van der Waals surface area contributed by atoms with Gasteiger partial charge in [0.25, 0.3) is 5.11 Å². The van der Waals surface area contributed by atoms with Crippen LogP contribution in [-0.2, 0) is 6.18 Å². The molecule has 0 saturated carbocycles. The van der Waals surface area contributed by atoms with Gasteiger partial charge in [-0.05, 0) is 54.7 Å². The minimum atomic E-state index is -4.43. The number of benzene rings is 2. The van der Waals surface area contributed by atoms with Crippen LogP contribution >= 0.6 is 12.2 Å². The van der Waals surface area contributed by atoms with E-state index in [0.717, 1.165) is 12.1 Å². The average Bonchev–Trinajstić information content (AvgIpc) is 2.60. The standard InChI is InChI=1S/C17H16F3N3O2S/c1-24-13-5-7-14(8-6-13)25-10-15(21)23-16(26)22-12-4-2-3-11(9-12)17(18,19)20/h2-9H,10H2,1H3,(H3,21,22,23,26)/p+1. The van der Waals surface area contributed by atoms with Crippen molar-refractivity contribution < 1.29 is 27.6 Å². The Kier molecular flexibility index (Phi) is 6.40. The van der Waals surface area contributed by atoms with Gasteiger partial charge in [-0.15, -0.1) is 0 Å². The molecule has 138 valence electrons. The number of hydrogen-bond donors (Lipinski definition) is 3. The first kappa shape index (κ1) is 19.5. The number of thiocarbonyl (C=S) groups is 1. The van der Waals surface area contributed by atoms with Gasteiger partial charge in [0, 0.05) is 0 Å². The Hall–Kier alpha value is -2.81. The Morgan fingerprint density at radius 3 is 2.42 bits per heavy atom. The molecule has 0 aliphatic rings. The largest absolute Gasteiger partial charge is 0.497 e. The molecule has 26 heavy (non-hydrogen) atoms. The van der Waals surface area contributed by atoms with Crippen LogP contribution in [0.1, 0.15) is 5.56 Å². The summed E-state index contributed by atoms with van der Waals surface area (Å²) in [6.07, 6.45) is -4.43. The lowest BCUT2D eigenvalue weighted by Gasteiger charge is -2.08. The third kappa shape index (κ3) is 5.92. The number of ether oxygens (including phenoxy) is 2. The van der Waals surface area contributed by atoms with E-state index in [4.69, 9.17) is 27.4 Å². The van der Waals surface area contributed by atoms with Crippen molar-refractivity contribution >= 4 is 28.9 Å². The summed E-state index contributed by atoms with van der Waals surface area (Å²) in [7, 11) is 1.56. The number of rotatable bonds is 5. The van der Waals surface area contributed by atoms with E-state index in [1.54, 1.807) is 31.4 Å². The van der Waals surface area contributed by atoms with Crippen LogP contribution < -0.4 is 25.5 Å².